The molecule has 0 bridgehead atoms. The standard InChI is InChI=1S/C14H18FNO/c1-9(2)6-16-7-11-8-17-14-12(11)5-4-10(3)13(14)15/h4-5,8-9,16H,6-7H2,1-3H3. The zero-order valence-corrected chi connectivity index (χ0v) is 10.5. The molecule has 0 atom stereocenters. The molecule has 0 radical (unpaired) electrons. The fourth-order valence-electron chi connectivity index (χ4n) is 1.85. The van der Waals surface area contributed by atoms with Crippen LogP contribution in [0.1, 0.15) is 25.0 Å². The smallest absolute Gasteiger partial charge is 0.170 e. The first-order chi connectivity index (χ1) is 8.09. The van der Waals surface area contributed by atoms with Gasteiger partial charge in [-0.1, -0.05) is 26.0 Å². The third-order valence-corrected chi connectivity index (χ3v) is 2.82. The number of rotatable bonds is 4. The van der Waals surface area contributed by atoms with E-state index in [2.05, 4.69) is 19.2 Å². The van der Waals surface area contributed by atoms with Crippen molar-refractivity contribution in [3.05, 3.63) is 35.3 Å². The molecule has 1 aromatic heterocycles. The van der Waals surface area contributed by atoms with Gasteiger partial charge in [0.2, 0.25) is 0 Å². The van der Waals surface area contributed by atoms with Gasteiger partial charge in [-0.15, -0.1) is 0 Å². The van der Waals surface area contributed by atoms with Crippen molar-refractivity contribution >= 4 is 11.0 Å². The van der Waals surface area contributed by atoms with Crippen LogP contribution in [0.25, 0.3) is 11.0 Å². The van der Waals surface area contributed by atoms with Crippen molar-refractivity contribution in [3.8, 4) is 0 Å². The molecule has 2 nitrogen and oxygen atoms in total. The number of fused-ring (bicyclic) bond motifs is 1. The number of furan rings is 1. The maximum Gasteiger partial charge on any atom is 0.170 e. The lowest BCUT2D eigenvalue weighted by Gasteiger charge is -2.06. The van der Waals surface area contributed by atoms with Crippen LogP contribution in [0, 0.1) is 18.7 Å². The quantitative estimate of drug-likeness (QED) is 0.875. The summed E-state index contributed by atoms with van der Waals surface area (Å²) in [7, 11) is 0. The topological polar surface area (TPSA) is 25.2 Å². The molecule has 0 spiro atoms. The second-order valence-corrected chi connectivity index (χ2v) is 4.86. The van der Waals surface area contributed by atoms with Gasteiger partial charge in [0.15, 0.2) is 11.4 Å². The summed E-state index contributed by atoms with van der Waals surface area (Å²) in [6.45, 7) is 7.72. The molecule has 1 heterocycles. The molecular weight excluding hydrogens is 217 g/mol. The monoisotopic (exact) mass is 235 g/mol. The molecule has 3 heteroatoms. The molecule has 92 valence electrons. The van der Waals surface area contributed by atoms with Crippen molar-refractivity contribution < 1.29 is 8.81 Å². The summed E-state index contributed by atoms with van der Waals surface area (Å²) in [5.74, 6) is 0.352. The molecular formula is C14H18FNO. The summed E-state index contributed by atoms with van der Waals surface area (Å²) in [6, 6.07) is 3.71. The Morgan fingerprint density at radius 1 is 1.35 bits per heavy atom. The first-order valence-corrected chi connectivity index (χ1v) is 5.95. The second kappa shape index (κ2) is 4.88. The van der Waals surface area contributed by atoms with E-state index < -0.39 is 0 Å². The molecule has 17 heavy (non-hydrogen) atoms. The van der Waals surface area contributed by atoms with Crippen LogP contribution in [0.3, 0.4) is 0 Å². The number of halogens is 1. The third kappa shape index (κ3) is 2.50. The summed E-state index contributed by atoms with van der Waals surface area (Å²) >= 11 is 0. The molecule has 0 unspecified atom stereocenters. The number of aryl methyl sites for hydroxylation is 1. The highest BCUT2D eigenvalue weighted by molar-refractivity contribution is 5.82. The van der Waals surface area contributed by atoms with E-state index in [1.54, 1.807) is 19.3 Å². The van der Waals surface area contributed by atoms with Crippen LogP contribution < -0.4 is 5.32 Å². The van der Waals surface area contributed by atoms with Gasteiger partial charge < -0.3 is 9.73 Å². The highest BCUT2D eigenvalue weighted by atomic mass is 19.1. The molecule has 0 fully saturated rings. The minimum Gasteiger partial charge on any atom is -0.461 e. The van der Waals surface area contributed by atoms with Crippen LogP contribution in [0.5, 0.6) is 0 Å². The molecule has 0 saturated carbocycles. The molecule has 2 rings (SSSR count). The van der Waals surface area contributed by atoms with Crippen molar-refractivity contribution in [2.45, 2.75) is 27.3 Å². The lowest BCUT2D eigenvalue weighted by molar-refractivity contribution is 0.539. The molecule has 2 aromatic rings. The Morgan fingerprint density at radius 3 is 2.82 bits per heavy atom. The Hall–Kier alpha value is -1.35. The Morgan fingerprint density at radius 2 is 2.12 bits per heavy atom. The van der Waals surface area contributed by atoms with Gasteiger partial charge >= 0.3 is 0 Å². The molecule has 0 aliphatic heterocycles. The largest absolute Gasteiger partial charge is 0.461 e. The number of benzene rings is 1. The fourth-order valence-corrected chi connectivity index (χ4v) is 1.85. The van der Waals surface area contributed by atoms with Crippen LogP contribution in [0.2, 0.25) is 0 Å². The van der Waals surface area contributed by atoms with Gasteiger partial charge in [-0.2, -0.15) is 0 Å². The minimum absolute atomic E-state index is 0.252. The van der Waals surface area contributed by atoms with E-state index in [9.17, 15) is 4.39 Å². The average molecular weight is 235 g/mol. The minimum atomic E-state index is -0.252. The van der Waals surface area contributed by atoms with E-state index in [0.717, 1.165) is 17.5 Å². The second-order valence-electron chi connectivity index (χ2n) is 4.86. The molecule has 0 aliphatic rings. The van der Waals surface area contributed by atoms with Gasteiger partial charge in [0.1, 0.15) is 0 Å². The Labute approximate surface area is 101 Å². The normalized spacial score (nSPS) is 11.6. The van der Waals surface area contributed by atoms with Gasteiger partial charge in [-0.05, 0) is 24.9 Å². The Kier molecular flexibility index (Phi) is 3.48. The van der Waals surface area contributed by atoms with Crippen molar-refractivity contribution in [3.63, 3.8) is 0 Å². The first kappa shape index (κ1) is 12.1. The van der Waals surface area contributed by atoms with Crippen molar-refractivity contribution in [1.82, 2.24) is 5.32 Å². The summed E-state index contributed by atoms with van der Waals surface area (Å²) in [6.07, 6.45) is 1.64. The predicted octanol–water partition coefficient (Wildman–Crippen LogP) is 3.63. The van der Waals surface area contributed by atoms with E-state index in [1.807, 2.05) is 6.07 Å². The predicted molar refractivity (Wildman–Crippen MR) is 67.5 cm³/mol. The van der Waals surface area contributed by atoms with Gasteiger partial charge in [0, 0.05) is 17.5 Å². The van der Waals surface area contributed by atoms with Crippen LogP contribution >= 0.6 is 0 Å². The lowest BCUT2D eigenvalue weighted by Crippen LogP contribution is -2.18. The molecule has 0 saturated heterocycles. The van der Waals surface area contributed by atoms with Crippen LogP contribution in [-0.4, -0.2) is 6.54 Å². The first-order valence-electron chi connectivity index (χ1n) is 5.95. The highest BCUT2D eigenvalue weighted by Gasteiger charge is 2.11. The van der Waals surface area contributed by atoms with E-state index in [-0.39, 0.29) is 5.82 Å². The van der Waals surface area contributed by atoms with Crippen LogP contribution in [0.4, 0.5) is 4.39 Å². The van der Waals surface area contributed by atoms with Gasteiger partial charge in [-0.3, -0.25) is 0 Å². The van der Waals surface area contributed by atoms with E-state index in [0.29, 0.717) is 23.6 Å². The van der Waals surface area contributed by atoms with Crippen molar-refractivity contribution in [2.75, 3.05) is 6.54 Å². The number of nitrogens with one attached hydrogen (secondary N) is 1. The van der Waals surface area contributed by atoms with Gasteiger partial charge in [0.25, 0.3) is 0 Å². The molecule has 1 aromatic carbocycles. The number of hydrogen-bond acceptors (Lipinski definition) is 2. The fraction of sp³-hybridized carbons (Fsp3) is 0.429. The zero-order valence-electron chi connectivity index (χ0n) is 10.5. The highest BCUT2D eigenvalue weighted by Crippen LogP contribution is 2.25. The average Bonchev–Trinajstić information content (AvgIpc) is 2.67. The van der Waals surface area contributed by atoms with Crippen LogP contribution in [-0.2, 0) is 6.54 Å². The summed E-state index contributed by atoms with van der Waals surface area (Å²) < 4.78 is 19.1. The van der Waals surface area contributed by atoms with Crippen LogP contribution in [0.15, 0.2) is 22.8 Å². The van der Waals surface area contributed by atoms with Crippen molar-refractivity contribution in [1.29, 1.82) is 0 Å². The number of hydrogen-bond donors (Lipinski definition) is 1. The van der Waals surface area contributed by atoms with Crippen molar-refractivity contribution in [2.24, 2.45) is 5.92 Å². The SMILES string of the molecule is Cc1ccc2c(CNCC(C)C)coc2c1F. The van der Waals surface area contributed by atoms with Gasteiger partial charge in [-0.25, -0.2) is 4.39 Å². The molecule has 1 N–H and O–H groups in total. The summed E-state index contributed by atoms with van der Waals surface area (Å²) in [5.41, 5.74) is 2.00. The summed E-state index contributed by atoms with van der Waals surface area (Å²) in [5, 5.41) is 4.20. The Balaban J connectivity index is 2.22. The van der Waals surface area contributed by atoms with E-state index in [1.165, 1.54) is 0 Å². The van der Waals surface area contributed by atoms with E-state index in [4.69, 9.17) is 4.42 Å². The molecule has 0 aliphatic carbocycles. The molecule has 0 amide bonds. The van der Waals surface area contributed by atoms with E-state index >= 15 is 0 Å². The lowest BCUT2D eigenvalue weighted by atomic mass is 10.1. The zero-order chi connectivity index (χ0) is 12.4. The maximum atomic E-state index is 13.7. The third-order valence-electron chi connectivity index (χ3n) is 2.82. The summed E-state index contributed by atoms with van der Waals surface area (Å²) in [4.78, 5) is 0. The van der Waals surface area contributed by atoms with Gasteiger partial charge in [0.05, 0.1) is 6.26 Å². The Bertz CT molecular complexity index is 516. The maximum absolute atomic E-state index is 13.7.